The Morgan fingerprint density at radius 1 is 1.17 bits per heavy atom. The fraction of sp³-hybridized carbons (Fsp3) is 0.467. The van der Waals surface area contributed by atoms with E-state index in [9.17, 15) is 0 Å². The summed E-state index contributed by atoms with van der Waals surface area (Å²) in [5, 5.41) is 3.35. The van der Waals surface area contributed by atoms with Gasteiger partial charge in [0.05, 0.1) is 18.9 Å². The summed E-state index contributed by atoms with van der Waals surface area (Å²) < 4.78 is 11.1. The van der Waals surface area contributed by atoms with Crippen LogP contribution >= 0.6 is 0 Å². The van der Waals surface area contributed by atoms with E-state index in [1.54, 1.807) is 0 Å². The van der Waals surface area contributed by atoms with Crippen molar-refractivity contribution in [3.63, 3.8) is 0 Å². The summed E-state index contributed by atoms with van der Waals surface area (Å²) >= 11 is 0. The van der Waals surface area contributed by atoms with Gasteiger partial charge in [-0.1, -0.05) is 11.6 Å². The van der Waals surface area contributed by atoms with E-state index in [1.165, 1.54) is 5.57 Å². The Morgan fingerprint density at radius 3 is 2.50 bits per heavy atom. The van der Waals surface area contributed by atoms with Crippen LogP contribution in [0.3, 0.4) is 0 Å². The van der Waals surface area contributed by atoms with E-state index in [-0.39, 0.29) is 0 Å². The molecule has 1 aromatic rings. The highest BCUT2D eigenvalue weighted by Crippen LogP contribution is 2.29. The van der Waals surface area contributed by atoms with Gasteiger partial charge in [0.15, 0.2) is 0 Å². The Balaban J connectivity index is 2.81. The molecule has 3 heteroatoms. The molecule has 0 aliphatic rings. The van der Waals surface area contributed by atoms with Crippen LogP contribution in [-0.2, 0) is 0 Å². The maximum atomic E-state index is 5.59. The minimum absolute atomic E-state index is 0.658. The highest BCUT2D eigenvalue weighted by atomic mass is 16.5. The maximum absolute atomic E-state index is 5.59. The number of anilines is 1. The SMILES string of the molecule is CCOc1ccc(OCC)c(NCC=C(C)C)c1. The van der Waals surface area contributed by atoms with Crippen LogP contribution < -0.4 is 14.8 Å². The number of hydrogen-bond acceptors (Lipinski definition) is 3. The van der Waals surface area contributed by atoms with Crippen LogP contribution in [0.4, 0.5) is 5.69 Å². The zero-order chi connectivity index (χ0) is 13.4. The first-order valence-electron chi connectivity index (χ1n) is 6.44. The van der Waals surface area contributed by atoms with E-state index in [0.29, 0.717) is 13.2 Å². The van der Waals surface area contributed by atoms with E-state index in [4.69, 9.17) is 9.47 Å². The maximum Gasteiger partial charge on any atom is 0.142 e. The van der Waals surface area contributed by atoms with E-state index in [2.05, 4.69) is 25.2 Å². The van der Waals surface area contributed by atoms with Crippen molar-refractivity contribution in [3.8, 4) is 11.5 Å². The second-order valence-electron chi connectivity index (χ2n) is 4.19. The van der Waals surface area contributed by atoms with E-state index in [0.717, 1.165) is 23.7 Å². The molecule has 18 heavy (non-hydrogen) atoms. The minimum atomic E-state index is 0.658. The lowest BCUT2D eigenvalue weighted by molar-refractivity contribution is 0.332. The molecule has 0 amide bonds. The van der Waals surface area contributed by atoms with Gasteiger partial charge in [0, 0.05) is 12.6 Å². The second kappa shape index (κ2) is 7.64. The lowest BCUT2D eigenvalue weighted by Gasteiger charge is -2.13. The Morgan fingerprint density at radius 2 is 1.89 bits per heavy atom. The number of ether oxygens (including phenoxy) is 2. The van der Waals surface area contributed by atoms with Crippen LogP contribution in [0.5, 0.6) is 11.5 Å². The van der Waals surface area contributed by atoms with Gasteiger partial charge in [0.1, 0.15) is 11.5 Å². The molecule has 1 rings (SSSR count). The summed E-state index contributed by atoms with van der Waals surface area (Å²) in [6.45, 7) is 10.2. The van der Waals surface area contributed by atoms with Crippen LogP contribution in [0.2, 0.25) is 0 Å². The van der Waals surface area contributed by atoms with Crippen molar-refractivity contribution in [2.45, 2.75) is 27.7 Å². The average molecular weight is 249 g/mol. The molecule has 0 aliphatic carbocycles. The Labute approximate surface area is 110 Å². The normalized spacial score (nSPS) is 9.78. The van der Waals surface area contributed by atoms with Crippen molar-refractivity contribution in [2.75, 3.05) is 25.1 Å². The van der Waals surface area contributed by atoms with Crippen LogP contribution in [0.15, 0.2) is 29.8 Å². The fourth-order valence-electron chi connectivity index (χ4n) is 1.55. The lowest BCUT2D eigenvalue weighted by Crippen LogP contribution is -2.03. The van der Waals surface area contributed by atoms with Crippen molar-refractivity contribution in [1.82, 2.24) is 0 Å². The molecule has 0 heterocycles. The molecule has 0 unspecified atom stereocenters. The zero-order valence-corrected chi connectivity index (χ0v) is 11.7. The molecular weight excluding hydrogens is 226 g/mol. The number of hydrogen-bond donors (Lipinski definition) is 1. The first kappa shape index (κ1) is 14.4. The summed E-state index contributed by atoms with van der Waals surface area (Å²) in [5.74, 6) is 1.73. The summed E-state index contributed by atoms with van der Waals surface area (Å²) in [5.41, 5.74) is 2.27. The minimum Gasteiger partial charge on any atom is -0.494 e. The van der Waals surface area contributed by atoms with E-state index in [1.807, 2.05) is 32.0 Å². The average Bonchev–Trinajstić information content (AvgIpc) is 2.32. The molecule has 100 valence electrons. The molecule has 0 bridgehead atoms. The molecule has 0 spiro atoms. The van der Waals surface area contributed by atoms with Crippen molar-refractivity contribution in [3.05, 3.63) is 29.8 Å². The lowest BCUT2D eigenvalue weighted by atomic mass is 10.2. The van der Waals surface area contributed by atoms with Crippen molar-refractivity contribution < 1.29 is 9.47 Å². The molecule has 0 aromatic heterocycles. The third-order valence-electron chi connectivity index (χ3n) is 2.36. The summed E-state index contributed by atoms with van der Waals surface area (Å²) in [6, 6.07) is 5.85. The van der Waals surface area contributed by atoms with Gasteiger partial charge in [0.2, 0.25) is 0 Å². The summed E-state index contributed by atoms with van der Waals surface area (Å²) in [6.07, 6.45) is 2.14. The predicted octanol–water partition coefficient (Wildman–Crippen LogP) is 3.86. The van der Waals surface area contributed by atoms with Crippen molar-refractivity contribution in [1.29, 1.82) is 0 Å². The smallest absolute Gasteiger partial charge is 0.142 e. The predicted molar refractivity (Wildman–Crippen MR) is 76.7 cm³/mol. The van der Waals surface area contributed by atoms with Gasteiger partial charge in [-0.25, -0.2) is 0 Å². The molecule has 1 N–H and O–H groups in total. The van der Waals surface area contributed by atoms with Crippen LogP contribution in [-0.4, -0.2) is 19.8 Å². The van der Waals surface area contributed by atoms with Gasteiger partial charge in [-0.15, -0.1) is 0 Å². The van der Waals surface area contributed by atoms with Gasteiger partial charge in [0.25, 0.3) is 0 Å². The molecule has 3 nitrogen and oxygen atoms in total. The first-order chi connectivity index (χ1) is 8.67. The van der Waals surface area contributed by atoms with Crippen molar-refractivity contribution >= 4 is 5.69 Å². The number of nitrogens with one attached hydrogen (secondary N) is 1. The summed E-state index contributed by atoms with van der Waals surface area (Å²) in [7, 11) is 0. The van der Waals surface area contributed by atoms with Gasteiger partial charge >= 0.3 is 0 Å². The fourth-order valence-corrected chi connectivity index (χ4v) is 1.55. The van der Waals surface area contributed by atoms with Crippen molar-refractivity contribution in [2.24, 2.45) is 0 Å². The Kier molecular flexibility index (Phi) is 6.12. The quantitative estimate of drug-likeness (QED) is 0.744. The van der Waals surface area contributed by atoms with Crippen LogP contribution in [0.25, 0.3) is 0 Å². The van der Waals surface area contributed by atoms with Gasteiger partial charge in [-0.3, -0.25) is 0 Å². The molecule has 0 radical (unpaired) electrons. The molecule has 1 aromatic carbocycles. The Bertz CT molecular complexity index is 395. The summed E-state index contributed by atoms with van der Waals surface area (Å²) in [4.78, 5) is 0. The van der Waals surface area contributed by atoms with Gasteiger partial charge < -0.3 is 14.8 Å². The van der Waals surface area contributed by atoms with Crippen LogP contribution in [0, 0.1) is 0 Å². The molecule has 0 aliphatic heterocycles. The molecule has 0 atom stereocenters. The highest BCUT2D eigenvalue weighted by molar-refractivity contribution is 5.60. The third-order valence-corrected chi connectivity index (χ3v) is 2.36. The Hall–Kier alpha value is -1.64. The topological polar surface area (TPSA) is 30.5 Å². The van der Waals surface area contributed by atoms with Gasteiger partial charge in [-0.2, -0.15) is 0 Å². The molecule has 0 fully saturated rings. The monoisotopic (exact) mass is 249 g/mol. The standard InChI is InChI=1S/C15H23NO2/c1-5-17-13-7-8-15(18-6-2)14(11-13)16-10-9-12(3)4/h7-9,11,16H,5-6,10H2,1-4H3. The van der Waals surface area contributed by atoms with E-state index < -0.39 is 0 Å². The molecular formula is C15H23NO2. The van der Waals surface area contributed by atoms with Crippen LogP contribution in [0.1, 0.15) is 27.7 Å². The molecule has 0 saturated carbocycles. The second-order valence-corrected chi connectivity index (χ2v) is 4.19. The first-order valence-corrected chi connectivity index (χ1v) is 6.44. The number of rotatable bonds is 7. The number of benzene rings is 1. The van der Waals surface area contributed by atoms with Gasteiger partial charge in [-0.05, 0) is 39.8 Å². The third kappa shape index (κ3) is 4.70. The molecule has 0 saturated heterocycles. The van der Waals surface area contributed by atoms with E-state index >= 15 is 0 Å². The highest BCUT2D eigenvalue weighted by Gasteiger charge is 2.04. The number of allylic oxidation sites excluding steroid dienone is 1. The largest absolute Gasteiger partial charge is 0.494 e. The zero-order valence-electron chi connectivity index (χ0n) is 11.7.